The van der Waals surface area contributed by atoms with Crippen LogP contribution in [0.1, 0.15) is 12.0 Å². The summed E-state index contributed by atoms with van der Waals surface area (Å²) in [5.74, 6) is 0. The number of carbonyl (C=O) groups excluding carboxylic acids is 1. The average Bonchev–Trinajstić information content (AvgIpc) is 2.22. The van der Waals surface area contributed by atoms with Gasteiger partial charge in [-0.2, -0.15) is 0 Å². The first-order valence-corrected chi connectivity index (χ1v) is 5.05. The topological polar surface area (TPSA) is 50.4 Å². The zero-order valence-electron chi connectivity index (χ0n) is 8.40. The molecular formula is C11H14N2O2. The van der Waals surface area contributed by atoms with Crippen molar-refractivity contribution in [2.75, 3.05) is 6.54 Å². The lowest BCUT2D eigenvalue weighted by Gasteiger charge is -2.27. The summed E-state index contributed by atoms with van der Waals surface area (Å²) in [5, 5.41) is 5.78. The molecule has 1 amide bonds. The van der Waals surface area contributed by atoms with E-state index in [1.54, 1.807) is 0 Å². The Labute approximate surface area is 88.6 Å². The van der Waals surface area contributed by atoms with Crippen LogP contribution in [-0.4, -0.2) is 18.8 Å². The molecule has 0 spiro atoms. The van der Waals surface area contributed by atoms with Gasteiger partial charge in [0.15, 0.2) is 0 Å². The smallest absolute Gasteiger partial charge is 0.408 e. The van der Waals surface area contributed by atoms with Crippen LogP contribution >= 0.6 is 0 Å². The van der Waals surface area contributed by atoms with E-state index in [-0.39, 0.29) is 12.3 Å². The van der Waals surface area contributed by atoms with Gasteiger partial charge in [0, 0.05) is 6.54 Å². The summed E-state index contributed by atoms with van der Waals surface area (Å²) in [5.41, 5.74) is 0.995. The molecule has 2 rings (SSSR count). The molecule has 0 aromatic heterocycles. The van der Waals surface area contributed by atoms with Crippen LogP contribution < -0.4 is 10.6 Å². The maximum Gasteiger partial charge on any atom is 0.408 e. The van der Waals surface area contributed by atoms with Crippen molar-refractivity contribution < 1.29 is 9.53 Å². The molecule has 1 atom stereocenters. The molecule has 1 saturated heterocycles. The third-order valence-corrected chi connectivity index (χ3v) is 2.33. The second kappa shape index (κ2) is 4.79. The van der Waals surface area contributed by atoms with Crippen molar-refractivity contribution in [3.05, 3.63) is 35.9 Å². The lowest BCUT2D eigenvalue weighted by Crippen LogP contribution is -2.54. The van der Waals surface area contributed by atoms with Gasteiger partial charge >= 0.3 is 6.09 Å². The highest BCUT2D eigenvalue weighted by molar-refractivity contribution is 5.67. The molecule has 1 aliphatic rings. The number of benzene rings is 1. The Morgan fingerprint density at radius 3 is 2.80 bits per heavy atom. The quantitative estimate of drug-likeness (QED) is 0.782. The highest BCUT2D eigenvalue weighted by Crippen LogP contribution is 2.02. The van der Waals surface area contributed by atoms with E-state index in [9.17, 15) is 4.79 Å². The molecule has 4 heteroatoms. The number of carbonyl (C=O) groups is 1. The largest absolute Gasteiger partial charge is 0.445 e. The average molecular weight is 206 g/mol. The van der Waals surface area contributed by atoms with E-state index in [1.165, 1.54) is 0 Å². The van der Waals surface area contributed by atoms with Crippen LogP contribution in [0.15, 0.2) is 30.3 Å². The van der Waals surface area contributed by atoms with Crippen LogP contribution in [0.5, 0.6) is 0 Å². The Bertz CT molecular complexity index is 323. The normalized spacial score (nSPS) is 19.1. The molecule has 0 bridgehead atoms. The van der Waals surface area contributed by atoms with Gasteiger partial charge in [0.1, 0.15) is 6.61 Å². The molecule has 80 valence electrons. The molecule has 0 unspecified atom stereocenters. The molecule has 1 aliphatic heterocycles. The van der Waals surface area contributed by atoms with Crippen LogP contribution in [0.25, 0.3) is 0 Å². The van der Waals surface area contributed by atoms with Crippen molar-refractivity contribution in [3.8, 4) is 0 Å². The molecule has 1 aromatic rings. The van der Waals surface area contributed by atoms with Crippen molar-refractivity contribution in [2.24, 2.45) is 0 Å². The zero-order chi connectivity index (χ0) is 10.5. The van der Waals surface area contributed by atoms with Crippen LogP contribution in [0.3, 0.4) is 0 Å². The summed E-state index contributed by atoms with van der Waals surface area (Å²) in [7, 11) is 0. The number of hydrogen-bond acceptors (Lipinski definition) is 3. The summed E-state index contributed by atoms with van der Waals surface area (Å²) in [6.45, 7) is 1.28. The number of amides is 1. The summed E-state index contributed by atoms with van der Waals surface area (Å²) in [6, 6.07) is 9.62. The van der Waals surface area contributed by atoms with Crippen LogP contribution in [-0.2, 0) is 11.3 Å². The second-order valence-corrected chi connectivity index (χ2v) is 3.50. The van der Waals surface area contributed by atoms with Gasteiger partial charge < -0.3 is 10.1 Å². The molecule has 0 radical (unpaired) electrons. The van der Waals surface area contributed by atoms with Crippen molar-refractivity contribution in [3.63, 3.8) is 0 Å². The molecule has 1 aromatic carbocycles. The highest BCUT2D eigenvalue weighted by Gasteiger charge is 2.18. The Balaban J connectivity index is 1.71. The monoisotopic (exact) mass is 206 g/mol. The van der Waals surface area contributed by atoms with E-state index in [0.29, 0.717) is 6.61 Å². The van der Waals surface area contributed by atoms with Crippen molar-refractivity contribution in [1.82, 2.24) is 10.6 Å². The summed E-state index contributed by atoms with van der Waals surface area (Å²) < 4.78 is 5.04. The Morgan fingerprint density at radius 1 is 1.47 bits per heavy atom. The Morgan fingerprint density at radius 2 is 2.20 bits per heavy atom. The van der Waals surface area contributed by atoms with E-state index in [1.807, 2.05) is 30.3 Å². The minimum absolute atomic E-state index is 0.0910. The minimum Gasteiger partial charge on any atom is -0.445 e. The van der Waals surface area contributed by atoms with Crippen molar-refractivity contribution >= 4 is 6.09 Å². The standard InChI is InChI=1S/C11H14N2O2/c14-11(13-10-6-7-12-10)15-8-9-4-2-1-3-5-9/h1-5,10,12H,6-8H2,(H,13,14)/t10-/m0/s1. The SMILES string of the molecule is O=C(N[C@H]1CCN1)OCc1ccccc1. The molecule has 0 aliphatic carbocycles. The number of nitrogens with one attached hydrogen (secondary N) is 2. The lowest BCUT2D eigenvalue weighted by molar-refractivity contribution is 0.128. The van der Waals surface area contributed by atoms with Gasteiger partial charge in [0.2, 0.25) is 0 Å². The molecule has 1 heterocycles. The van der Waals surface area contributed by atoms with Gasteiger partial charge in [0.25, 0.3) is 0 Å². The van der Waals surface area contributed by atoms with Gasteiger partial charge in [-0.15, -0.1) is 0 Å². The molecule has 15 heavy (non-hydrogen) atoms. The maximum absolute atomic E-state index is 11.2. The van der Waals surface area contributed by atoms with E-state index in [2.05, 4.69) is 10.6 Å². The van der Waals surface area contributed by atoms with E-state index < -0.39 is 0 Å². The number of hydrogen-bond donors (Lipinski definition) is 2. The summed E-state index contributed by atoms with van der Waals surface area (Å²) in [6.07, 6.45) is 0.699. The number of rotatable bonds is 3. The summed E-state index contributed by atoms with van der Waals surface area (Å²) in [4.78, 5) is 11.2. The fourth-order valence-corrected chi connectivity index (χ4v) is 1.32. The lowest BCUT2D eigenvalue weighted by atomic mass is 10.2. The molecular weight excluding hydrogens is 192 g/mol. The van der Waals surface area contributed by atoms with Crippen LogP contribution in [0.4, 0.5) is 4.79 Å². The van der Waals surface area contributed by atoms with Gasteiger partial charge in [-0.25, -0.2) is 4.79 Å². The van der Waals surface area contributed by atoms with E-state index in [0.717, 1.165) is 18.5 Å². The number of alkyl carbamates (subject to hydrolysis) is 1. The fourth-order valence-electron chi connectivity index (χ4n) is 1.32. The Kier molecular flexibility index (Phi) is 3.19. The predicted molar refractivity (Wildman–Crippen MR) is 56.2 cm³/mol. The zero-order valence-corrected chi connectivity index (χ0v) is 8.40. The van der Waals surface area contributed by atoms with Crippen molar-refractivity contribution in [1.29, 1.82) is 0 Å². The third-order valence-electron chi connectivity index (χ3n) is 2.33. The first kappa shape index (κ1) is 9.98. The van der Waals surface area contributed by atoms with Crippen LogP contribution in [0.2, 0.25) is 0 Å². The van der Waals surface area contributed by atoms with E-state index in [4.69, 9.17) is 4.74 Å². The summed E-state index contributed by atoms with van der Waals surface area (Å²) >= 11 is 0. The van der Waals surface area contributed by atoms with Crippen molar-refractivity contribution in [2.45, 2.75) is 19.2 Å². The van der Waals surface area contributed by atoms with Gasteiger partial charge in [-0.3, -0.25) is 5.32 Å². The Hall–Kier alpha value is -1.55. The van der Waals surface area contributed by atoms with Gasteiger partial charge in [-0.1, -0.05) is 30.3 Å². The first-order valence-electron chi connectivity index (χ1n) is 5.05. The minimum atomic E-state index is -0.365. The molecule has 1 fully saturated rings. The maximum atomic E-state index is 11.2. The molecule has 2 N–H and O–H groups in total. The third kappa shape index (κ3) is 2.95. The van der Waals surface area contributed by atoms with E-state index >= 15 is 0 Å². The van der Waals surface area contributed by atoms with Crippen LogP contribution in [0, 0.1) is 0 Å². The van der Waals surface area contributed by atoms with Gasteiger partial charge in [-0.05, 0) is 12.0 Å². The second-order valence-electron chi connectivity index (χ2n) is 3.50. The first-order chi connectivity index (χ1) is 7.34. The highest BCUT2D eigenvalue weighted by atomic mass is 16.5. The van der Waals surface area contributed by atoms with Gasteiger partial charge in [0.05, 0.1) is 6.17 Å². The number of ether oxygens (including phenoxy) is 1. The molecule has 0 saturated carbocycles. The predicted octanol–water partition coefficient (Wildman–Crippen LogP) is 1.23. The molecule has 4 nitrogen and oxygen atoms in total. The fraction of sp³-hybridized carbons (Fsp3) is 0.364.